The summed E-state index contributed by atoms with van der Waals surface area (Å²) in [5, 5.41) is 3.06. The van der Waals surface area contributed by atoms with Crippen molar-refractivity contribution in [2.24, 2.45) is 16.7 Å². The average molecular weight is 551 g/mol. The minimum atomic E-state index is -3.96. The number of ether oxygens (including phenoxy) is 1. The number of hydrogen-bond acceptors (Lipinski definition) is 4. The number of fused-ring (bicyclic) bond motifs is 2. The zero-order valence-corrected chi connectivity index (χ0v) is 24.8. The van der Waals surface area contributed by atoms with E-state index < -0.39 is 28.3 Å². The van der Waals surface area contributed by atoms with E-state index in [1.165, 1.54) is 5.57 Å². The first-order valence-electron chi connectivity index (χ1n) is 14.2. The summed E-state index contributed by atoms with van der Waals surface area (Å²) in [5.41, 5.74) is 3.26. The van der Waals surface area contributed by atoms with Crippen molar-refractivity contribution in [2.45, 2.75) is 96.7 Å². The highest BCUT2D eigenvalue weighted by molar-refractivity contribution is 7.92. The van der Waals surface area contributed by atoms with E-state index in [9.17, 15) is 13.2 Å². The Kier molecular flexibility index (Phi) is 7.11. The minimum absolute atomic E-state index is 0.0245. The number of aryl methyl sites for hydroxylation is 2. The number of rotatable bonds is 6. The van der Waals surface area contributed by atoms with E-state index in [4.69, 9.17) is 4.74 Å². The quantitative estimate of drug-likeness (QED) is 0.396. The molecule has 2 fully saturated rings. The second-order valence-electron chi connectivity index (χ2n) is 12.7. The fourth-order valence-electron chi connectivity index (χ4n) is 7.52. The van der Waals surface area contributed by atoms with Crippen LogP contribution >= 0.6 is 0 Å². The van der Waals surface area contributed by atoms with Crippen LogP contribution in [0.2, 0.25) is 0 Å². The number of nitrogens with zero attached hydrogens (tertiary/aromatic N) is 1. The third-order valence-corrected chi connectivity index (χ3v) is 11.7. The van der Waals surface area contributed by atoms with E-state index in [0.29, 0.717) is 5.69 Å². The van der Waals surface area contributed by atoms with Crippen LogP contribution < -0.4 is 9.62 Å². The van der Waals surface area contributed by atoms with Crippen molar-refractivity contribution in [3.63, 3.8) is 0 Å². The summed E-state index contributed by atoms with van der Waals surface area (Å²) in [7, 11) is -3.96. The number of carbonyl (C=O) groups excluding carboxylic acids is 1. The van der Waals surface area contributed by atoms with Gasteiger partial charge in [0, 0.05) is 5.41 Å². The Morgan fingerprint density at radius 2 is 1.67 bits per heavy atom. The molecule has 2 bridgehead atoms. The van der Waals surface area contributed by atoms with Gasteiger partial charge in [-0.2, -0.15) is 0 Å². The average Bonchev–Trinajstić information content (AvgIpc) is 3.17. The van der Waals surface area contributed by atoms with E-state index >= 15 is 0 Å². The molecular weight excluding hydrogens is 508 g/mol. The fourth-order valence-corrected chi connectivity index (χ4v) is 9.21. The summed E-state index contributed by atoms with van der Waals surface area (Å²) in [6.45, 7) is 12.6. The number of anilines is 1. The highest BCUT2D eigenvalue weighted by atomic mass is 32.2. The van der Waals surface area contributed by atoms with Crippen molar-refractivity contribution in [1.82, 2.24) is 5.32 Å². The summed E-state index contributed by atoms with van der Waals surface area (Å²) in [4.78, 5) is 13.6. The van der Waals surface area contributed by atoms with E-state index in [1.54, 1.807) is 28.6 Å². The van der Waals surface area contributed by atoms with Gasteiger partial charge in [-0.25, -0.2) is 13.2 Å². The van der Waals surface area contributed by atoms with Gasteiger partial charge in [-0.05, 0) is 99.6 Å². The molecule has 0 aliphatic heterocycles. The standard InChI is InChI=1S/C32H42N2O4S/c1-21-11-10-12-24(18-21)33-30(35)38-29-28(27-15-16-32(29,6)31(27,4)5)34(25-19-22(2)17-23(3)20-25)39(36,37)26-13-8-7-9-14-26/h7-9,13-14,17-20,24,27-29H,10-12,15-16H2,1-6H3,(H,33,35)/t24?,27-,28-,29-,32+/m1/s1. The number of nitrogens with one attached hydrogen (secondary N) is 1. The second kappa shape index (κ2) is 9.99. The Balaban J connectivity index is 1.60. The van der Waals surface area contributed by atoms with Crippen LogP contribution in [0.3, 0.4) is 0 Å². The predicted molar refractivity (Wildman–Crippen MR) is 155 cm³/mol. The first kappa shape index (κ1) is 27.8. The lowest BCUT2D eigenvalue weighted by Gasteiger charge is -2.43. The zero-order valence-electron chi connectivity index (χ0n) is 24.0. The van der Waals surface area contributed by atoms with Crippen LogP contribution in [-0.4, -0.2) is 32.7 Å². The minimum Gasteiger partial charge on any atom is -0.443 e. The topological polar surface area (TPSA) is 75.7 Å². The molecule has 0 saturated heterocycles. The van der Waals surface area contributed by atoms with Gasteiger partial charge in [-0.15, -0.1) is 0 Å². The van der Waals surface area contributed by atoms with Crippen molar-refractivity contribution < 1.29 is 17.9 Å². The molecule has 2 saturated carbocycles. The Labute approximate surface area is 233 Å². The van der Waals surface area contributed by atoms with E-state index in [-0.39, 0.29) is 27.7 Å². The van der Waals surface area contributed by atoms with E-state index in [0.717, 1.165) is 43.2 Å². The van der Waals surface area contributed by atoms with Crippen molar-refractivity contribution in [3.8, 4) is 0 Å². The molecule has 0 spiro atoms. The van der Waals surface area contributed by atoms with Gasteiger partial charge in [0.15, 0.2) is 0 Å². The van der Waals surface area contributed by atoms with Gasteiger partial charge in [-0.1, -0.05) is 56.7 Å². The Bertz CT molecular complexity index is 1360. The Hall–Kier alpha value is -2.80. The largest absolute Gasteiger partial charge is 0.443 e. The van der Waals surface area contributed by atoms with Crippen LogP contribution in [0.4, 0.5) is 10.5 Å². The van der Waals surface area contributed by atoms with Crippen LogP contribution in [0.1, 0.15) is 70.9 Å². The first-order chi connectivity index (χ1) is 18.3. The molecule has 0 heterocycles. The van der Waals surface area contributed by atoms with E-state index in [2.05, 4.69) is 39.1 Å². The molecular formula is C32H42N2O4S. The lowest BCUT2D eigenvalue weighted by Crippen LogP contribution is -2.55. The zero-order chi connectivity index (χ0) is 28.2. The lowest BCUT2D eigenvalue weighted by atomic mass is 9.70. The van der Waals surface area contributed by atoms with Crippen LogP contribution in [-0.2, 0) is 14.8 Å². The second-order valence-corrected chi connectivity index (χ2v) is 14.5. The maximum Gasteiger partial charge on any atom is 0.407 e. The molecule has 3 aliphatic carbocycles. The molecule has 2 aromatic rings. The number of allylic oxidation sites excluding steroid dienone is 1. The van der Waals surface area contributed by atoms with Gasteiger partial charge in [0.2, 0.25) is 0 Å². The van der Waals surface area contributed by atoms with Crippen LogP contribution in [0.25, 0.3) is 0 Å². The van der Waals surface area contributed by atoms with Gasteiger partial charge in [0.25, 0.3) is 10.0 Å². The summed E-state index contributed by atoms with van der Waals surface area (Å²) in [6.07, 6.45) is 5.76. The van der Waals surface area contributed by atoms with Crippen molar-refractivity contribution in [3.05, 3.63) is 71.3 Å². The molecule has 210 valence electrons. The third-order valence-electron chi connectivity index (χ3n) is 9.86. The van der Waals surface area contributed by atoms with Crippen LogP contribution in [0, 0.1) is 30.6 Å². The molecule has 6 nitrogen and oxygen atoms in total. The van der Waals surface area contributed by atoms with Crippen LogP contribution in [0.15, 0.2) is 65.1 Å². The Morgan fingerprint density at radius 3 is 2.31 bits per heavy atom. The highest BCUT2D eigenvalue weighted by Gasteiger charge is 2.70. The number of benzene rings is 2. The van der Waals surface area contributed by atoms with Crippen molar-refractivity contribution in [2.75, 3.05) is 4.31 Å². The summed E-state index contributed by atoms with van der Waals surface area (Å²) < 4.78 is 36.9. The molecule has 1 N–H and O–H groups in total. The molecule has 5 rings (SSSR count). The predicted octanol–water partition coefficient (Wildman–Crippen LogP) is 6.92. The number of hydrogen-bond donors (Lipinski definition) is 1. The maximum absolute atomic E-state index is 14.5. The number of carbonyl (C=O) groups is 1. The van der Waals surface area contributed by atoms with Crippen molar-refractivity contribution >= 4 is 21.8 Å². The summed E-state index contributed by atoms with van der Waals surface area (Å²) >= 11 is 0. The first-order valence-corrected chi connectivity index (χ1v) is 15.6. The van der Waals surface area contributed by atoms with Crippen LogP contribution in [0.5, 0.6) is 0 Å². The summed E-state index contributed by atoms with van der Waals surface area (Å²) in [6, 6.07) is 13.9. The lowest BCUT2D eigenvalue weighted by molar-refractivity contribution is -0.0104. The smallest absolute Gasteiger partial charge is 0.407 e. The Morgan fingerprint density at radius 1 is 1.00 bits per heavy atom. The molecule has 3 aliphatic rings. The number of alkyl carbamates (subject to hydrolysis) is 1. The molecule has 1 unspecified atom stereocenters. The number of sulfonamides is 1. The molecule has 0 aromatic heterocycles. The molecule has 7 heteroatoms. The normalized spacial score (nSPS) is 29.5. The number of amides is 1. The molecule has 5 atom stereocenters. The van der Waals surface area contributed by atoms with E-state index in [1.807, 2.05) is 38.1 Å². The monoisotopic (exact) mass is 550 g/mol. The molecule has 1 amide bonds. The molecule has 39 heavy (non-hydrogen) atoms. The van der Waals surface area contributed by atoms with Gasteiger partial charge in [0.05, 0.1) is 22.7 Å². The van der Waals surface area contributed by atoms with Gasteiger partial charge in [-0.3, -0.25) is 4.31 Å². The maximum atomic E-state index is 14.5. The fraction of sp³-hybridized carbons (Fsp3) is 0.531. The van der Waals surface area contributed by atoms with Gasteiger partial charge >= 0.3 is 6.09 Å². The highest BCUT2D eigenvalue weighted by Crippen LogP contribution is 2.67. The van der Waals surface area contributed by atoms with Gasteiger partial charge in [0.1, 0.15) is 6.10 Å². The molecule has 0 radical (unpaired) electrons. The third kappa shape index (κ3) is 4.77. The van der Waals surface area contributed by atoms with Gasteiger partial charge < -0.3 is 10.1 Å². The SMILES string of the molecule is CC1=CC(NC(=O)O[C@@H]2[C@H](N(c3cc(C)cc(C)c3)S(=O)(=O)c3ccccc3)[C@H]3CC[C@]2(C)C3(C)C)CCC1. The summed E-state index contributed by atoms with van der Waals surface area (Å²) in [5.74, 6) is 0.0245. The molecule has 2 aromatic carbocycles. The van der Waals surface area contributed by atoms with Crippen molar-refractivity contribution in [1.29, 1.82) is 0 Å².